The molecule has 5 nitrogen and oxygen atoms in total. The zero-order valence-corrected chi connectivity index (χ0v) is 16.4. The van der Waals surface area contributed by atoms with Crippen molar-refractivity contribution in [3.63, 3.8) is 0 Å². The van der Waals surface area contributed by atoms with E-state index in [9.17, 15) is 4.79 Å². The standard InChI is InChI=1S/C22H28N4O/c1-4-23-22(26-15-13-18-9-5-6-11-20(18)26)24-14-12-17-8-7-10-19(16-17)21(27)25(2)3/h5-11,16H,4,12-15H2,1-3H3,(H,23,24). The van der Waals surface area contributed by atoms with Gasteiger partial charge in [0, 0.05) is 45.0 Å². The highest BCUT2D eigenvalue weighted by atomic mass is 16.2. The maximum Gasteiger partial charge on any atom is 0.253 e. The number of hydrogen-bond acceptors (Lipinski definition) is 2. The lowest BCUT2D eigenvalue weighted by Crippen LogP contribution is -2.40. The van der Waals surface area contributed by atoms with Crippen LogP contribution in [0.4, 0.5) is 5.69 Å². The lowest BCUT2D eigenvalue weighted by molar-refractivity contribution is 0.0827. The Hall–Kier alpha value is -2.82. The maximum atomic E-state index is 12.1. The Labute approximate surface area is 161 Å². The van der Waals surface area contributed by atoms with Gasteiger partial charge in [0.15, 0.2) is 5.96 Å². The minimum absolute atomic E-state index is 0.0300. The van der Waals surface area contributed by atoms with Crippen LogP contribution in [0.2, 0.25) is 0 Å². The highest BCUT2D eigenvalue weighted by Gasteiger charge is 2.22. The van der Waals surface area contributed by atoms with Crippen molar-refractivity contribution in [3.8, 4) is 0 Å². The number of hydrogen-bond donors (Lipinski definition) is 1. The van der Waals surface area contributed by atoms with E-state index in [1.165, 1.54) is 11.3 Å². The third-order valence-corrected chi connectivity index (χ3v) is 4.72. The number of anilines is 1. The van der Waals surface area contributed by atoms with Gasteiger partial charge in [0.1, 0.15) is 0 Å². The second kappa shape index (κ2) is 8.71. The summed E-state index contributed by atoms with van der Waals surface area (Å²) in [5.74, 6) is 0.963. The average molecular weight is 364 g/mol. The van der Waals surface area contributed by atoms with E-state index in [1.807, 2.05) is 18.2 Å². The first-order valence-electron chi connectivity index (χ1n) is 9.54. The van der Waals surface area contributed by atoms with E-state index in [1.54, 1.807) is 19.0 Å². The minimum atomic E-state index is 0.0300. The molecule has 142 valence electrons. The summed E-state index contributed by atoms with van der Waals surface area (Å²) in [5.41, 5.74) is 4.47. The van der Waals surface area contributed by atoms with Crippen LogP contribution < -0.4 is 10.2 Å². The number of para-hydroxylation sites is 1. The van der Waals surface area contributed by atoms with Gasteiger partial charge in [-0.25, -0.2) is 0 Å². The molecule has 1 aliphatic heterocycles. The second-order valence-corrected chi connectivity index (χ2v) is 6.92. The lowest BCUT2D eigenvalue weighted by atomic mass is 10.1. The first-order chi connectivity index (χ1) is 13.1. The van der Waals surface area contributed by atoms with Crippen molar-refractivity contribution in [3.05, 3.63) is 65.2 Å². The summed E-state index contributed by atoms with van der Waals surface area (Å²) in [7, 11) is 3.55. The SMILES string of the molecule is CCNC(=NCCc1cccc(C(=O)N(C)C)c1)N1CCc2ccccc21. The van der Waals surface area contributed by atoms with Crippen LogP contribution in [0, 0.1) is 0 Å². The van der Waals surface area contributed by atoms with Crippen molar-refractivity contribution in [1.29, 1.82) is 0 Å². The van der Waals surface area contributed by atoms with Crippen molar-refractivity contribution < 1.29 is 4.79 Å². The van der Waals surface area contributed by atoms with Gasteiger partial charge < -0.3 is 15.1 Å². The molecule has 1 N–H and O–H groups in total. The highest BCUT2D eigenvalue weighted by molar-refractivity contribution is 5.98. The van der Waals surface area contributed by atoms with Gasteiger partial charge in [-0.15, -0.1) is 0 Å². The quantitative estimate of drug-likeness (QED) is 0.655. The molecule has 0 spiro atoms. The molecule has 3 rings (SSSR count). The maximum absolute atomic E-state index is 12.1. The topological polar surface area (TPSA) is 47.9 Å². The van der Waals surface area contributed by atoms with Crippen molar-refractivity contribution in [2.45, 2.75) is 19.8 Å². The number of amides is 1. The Bertz CT molecular complexity index is 829. The van der Waals surface area contributed by atoms with Crippen LogP contribution in [0.3, 0.4) is 0 Å². The summed E-state index contributed by atoms with van der Waals surface area (Å²) >= 11 is 0. The Balaban J connectivity index is 1.70. The normalized spacial score (nSPS) is 13.4. The largest absolute Gasteiger partial charge is 0.356 e. The van der Waals surface area contributed by atoms with E-state index in [4.69, 9.17) is 4.99 Å². The molecule has 1 aliphatic rings. The third-order valence-electron chi connectivity index (χ3n) is 4.72. The Morgan fingerprint density at radius 2 is 2.00 bits per heavy atom. The molecule has 1 amide bonds. The van der Waals surface area contributed by atoms with Gasteiger partial charge in [0.25, 0.3) is 5.91 Å². The van der Waals surface area contributed by atoms with Gasteiger partial charge in [-0.05, 0) is 49.1 Å². The molecule has 0 saturated carbocycles. The number of carbonyl (C=O) groups is 1. The van der Waals surface area contributed by atoms with E-state index >= 15 is 0 Å². The van der Waals surface area contributed by atoms with Gasteiger partial charge in [-0.3, -0.25) is 9.79 Å². The van der Waals surface area contributed by atoms with Crippen LogP contribution in [0.5, 0.6) is 0 Å². The fourth-order valence-corrected chi connectivity index (χ4v) is 3.36. The summed E-state index contributed by atoms with van der Waals surface area (Å²) in [6, 6.07) is 16.3. The molecule has 0 fully saturated rings. The average Bonchev–Trinajstić information content (AvgIpc) is 3.11. The summed E-state index contributed by atoms with van der Waals surface area (Å²) < 4.78 is 0. The van der Waals surface area contributed by atoms with Crippen LogP contribution in [0.15, 0.2) is 53.5 Å². The molecule has 27 heavy (non-hydrogen) atoms. The third kappa shape index (κ3) is 4.48. The predicted molar refractivity (Wildman–Crippen MR) is 112 cm³/mol. The molecule has 0 aliphatic carbocycles. The molecule has 1 heterocycles. The number of nitrogens with one attached hydrogen (secondary N) is 1. The van der Waals surface area contributed by atoms with Gasteiger partial charge in [0.2, 0.25) is 0 Å². The minimum Gasteiger partial charge on any atom is -0.356 e. The number of rotatable bonds is 5. The summed E-state index contributed by atoms with van der Waals surface area (Å²) in [4.78, 5) is 20.8. The molecule has 0 radical (unpaired) electrons. The Morgan fingerprint density at radius 3 is 2.78 bits per heavy atom. The van der Waals surface area contributed by atoms with E-state index < -0.39 is 0 Å². The van der Waals surface area contributed by atoms with Crippen molar-refractivity contribution >= 4 is 17.6 Å². The molecule has 0 aromatic heterocycles. The predicted octanol–water partition coefficient (Wildman–Crippen LogP) is 2.96. The number of aliphatic imine (C=N–C) groups is 1. The number of guanidine groups is 1. The second-order valence-electron chi connectivity index (χ2n) is 6.92. The first-order valence-corrected chi connectivity index (χ1v) is 9.54. The van der Waals surface area contributed by atoms with Gasteiger partial charge >= 0.3 is 0 Å². The van der Waals surface area contributed by atoms with Crippen LogP contribution >= 0.6 is 0 Å². The molecule has 5 heteroatoms. The van der Waals surface area contributed by atoms with Gasteiger partial charge in [-0.2, -0.15) is 0 Å². The van der Waals surface area contributed by atoms with E-state index in [0.29, 0.717) is 6.54 Å². The smallest absolute Gasteiger partial charge is 0.253 e. The fourth-order valence-electron chi connectivity index (χ4n) is 3.36. The molecule has 0 unspecified atom stereocenters. The van der Waals surface area contributed by atoms with E-state index in [2.05, 4.69) is 47.5 Å². The van der Waals surface area contributed by atoms with Crippen molar-refractivity contribution in [2.75, 3.05) is 38.6 Å². The first kappa shape index (κ1) is 19.0. The Morgan fingerprint density at radius 1 is 1.19 bits per heavy atom. The van der Waals surface area contributed by atoms with Crippen molar-refractivity contribution in [2.24, 2.45) is 4.99 Å². The molecule has 0 saturated heterocycles. The molecule has 2 aromatic carbocycles. The summed E-state index contributed by atoms with van der Waals surface area (Å²) in [6.07, 6.45) is 1.86. The number of carbonyl (C=O) groups excluding carboxylic acids is 1. The summed E-state index contributed by atoms with van der Waals surface area (Å²) in [6.45, 7) is 4.57. The molecule has 0 atom stereocenters. The molecular formula is C22H28N4O. The van der Waals surface area contributed by atoms with Crippen LogP contribution in [-0.4, -0.2) is 50.5 Å². The highest BCUT2D eigenvalue weighted by Crippen LogP contribution is 2.27. The van der Waals surface area contributed by atoms with Crippen LogP contribution in [0.1, 0.15) is 28.4 Å². The molecular weight excluding hydrogens is 336 g/mol. The number of nitrogens with zero attached hydrogens (tertiary/aromatic N) is 3. The summed E-state index contributed by atoms with van der Waals surface area (Å²) in [5, 5.41) is 3.41. The molecule has 0 bridgehead atoms. The monoisotopic (exact) mass is 364 g/mol. The van der Waals surface area contributed by atoms with Crippen LogP contribution in [0.25, 0.3) is 0 Å². The zero-order valence-electron chi connectivity index (χ0n) is 16.4. The molecule has 2 aromatic rings. The van der Waals surface area contributed by atoms with Crippen LogP contribution in [-0.2, 0) is 12.8 Å². The van der Waals surface area contributed by atoms with Crippen molar-refractivity contribution in [1.82, 2.24) is 10.2 Å². The number of benzene rings is 2. The Kier molecular flexibility index (Phi) is 6.12. The van der Waals surface area contributed by atoms with E-state index in [0.717, 1.165) is 43.0 Å². The van der Waals surface area contributed by atoms with Gasteiger partial charge in [0.05, 0.1) is 0 Å². The zero-order chi connectivity index (χ0) is 19.2. The lowest BCUT2D eigenvalue weighted by Gasteiger charge is -2.22. The van der Waals surface area contributed by atoms with Gasteiger partial charge in [-0.1, -0.05) is 30.3 Å². The number of fused-ring (bicyclic) bond motifs is 1. The fraction of sp³-hybridized carbons (Fsp3) is 0.364. The van der Waals surface area contributed by atoms with E-state index in [-0.39, 0.29) is 5.91 Å².